The maximum absolute atomic E-state index is 11.8. The molecule has 0 atom stereocenters. The van der Waals surface area contributed by atoms with E-state index >= 15 is 0 Å². The van der Waals surface area contributed by atoms with Crippen LogP contribution in [0, 0.1) is 6.92 Å². The van der Waals surface area contributed by atoms with E-state index < -0.39 is 11.8 Å². The molecule has 1 aliphatic heterocycles. The number of rotatable bonds is 4. The highest BCUT2D eigenvalue weighted by molar-refractivity contribution is 7.17. The summed E-state index contributed by atoms with van der Waals surface area (Å²) >= 11 is 1.63. The monoisotopic (exact) mass is 370 g/mol. The summed E-state index contributed by atoms with van der Waals surface area (Å²) in [6.07, 6.45) is 5.32. The fourth-order valence-corrected chi connectivity index (χ4v) is 3.66. The summed E-state index contributed by atoms with van der Waals surface area (Å²) in [5, 5.41) is 7.64. The van der Waals surface area contributed by atoms with Crippen molar-refractivity contribution in [2.45, 2.75) is 26.2 Å². The number of carbonyl (C=O) groups excluding carboxylic acids is 2. The minimum Gasteiger partial charge on any atom is -0.363 e. The Morgan fingerprint density at radius 1 is 1.04 bits per heavy atom. The van der Waals surface area contributed by atoms with Crippen LogP contribution in [0.5, 0.6) is 0 Å². The SMILES string of the molecule is Cc1ccc(NC(=O)C(=O)N/N=C\c2ccc(N3CCCCC3)s2)cc1. The Labute approximate surface area is 156 Å². The van der Waals surface area contributed by atoms with Gasteiger partial charge in [0.1, 0.15) is 0 Å². The van der Waals surface area contributed by atoms with Crippen LogP contribution in [0.4, 0.5) is 10.7 Å². The van der Waals surface area contributed by atoms with Crippen LogP contribution < -0.4 is 15.6 Å². The Bertz CT molecular complexity index is 792. The molecule has 3 rings (SSSR count). The van der Waals surface area contributed by atoms with E-state index in [1.54, 1.807) is 29.7 Å². The van der Waals surface area contributed by atoms with Crippen molar-refractivity contribution < 1.29 is 9.59 Å². The summed E-state index contributed by atoms with van der Waals surface area (Å²) in [4.78, 5) is 27.0. The lowest BCUT2D eigenvalue weighted by molar-refractivity contribution is -0.136. The Morgan fingerprint density at radius 3 is 2.50 bits per heavy atom. The van der Waals surface area contributed by atoms with Crippen molar-refractivity contribution in [3.8, 4) is 0 Å². The number of amides is 2. The molecule has 2 amide bonds. The van der Waals surface area contributed by atoms with Crippen LogP contribution in [-0.4, -0.2) is 31.1 Å². The van der Waals surface area contributed by atoms with Crippen LogP contribution in [0.25, 0.3) is 0 Å². The van der Waals surface area contributed by atoms with Crippen LogP contribution in [0.3, 0.4) is 0 Å². The zero-order valence-corrected chi connectivity index (χ0v) is 15.5. The summed E-state index contributed by atoms with van der Waals surface area (Å²) < 4.78 is 0. The minimum atomic E-state index is -0.797. The van der Waals surface area contributed by atoms with Crippen molar-refractivity contribution in [2.75, 3.05) is 23.3 Å². The van der Waals surface area contributed by atoms with Gasteiger partial charge < -0.3 is 10.2 Å². The highest BCUT2D eigenvalue weighted by atomic mass is 32.1. The Kier molecular flexibility index (Phi) is 6.01. The highest BCUT2D eigenvalue weighted by Gasteiger charge is 2.14. The first-order valence-electron chi connectivity index (χ1n) is 8.68. The number of nitrogens with one attached hydrogen (secondary N) is 2. The molecule has 2 heterocycles. The second-order valence-electron chi connectivity index (χ2n) is 6.24. The molecule has 0 radical (unpaired) electrons. The summed E-state index contributed by atoms with van der Waals surface area (Å²) in [6, 6.07) is 11.3. The first kappa shape index (κ1) is 18.1. The summed E-state index contributed by atoms with van der Waals surface area (Å²) in [5.41, 5.74) is 3.92. The molecule has 0 bridgehead atoms. The molecule has 0 saturated carbocycles. The van der Waals surface area contributed by atoms with Crippen LogP contribution >= 0.6 is 11.3 Å². The van der Waals surface area contributed by atoms with E-state index in [1.165, 1.54) is 24.3 Å². The molecular formula is C19H22N4O2S. The molecule has 1 fully saturated rings. The zero-order chi connectivity index (χ0) is 18.4. The number of anilines is 2. The second kappa shape index (κ2) is 8.62. The van der Waals surface area contributed by atoms with Gasteiger partial charge in [0.15, 0.2) is 0 Å². The van der Waals surface area contributed by atoms with E-state index in [9.17, 15) is 9.59 Å². The average molecular weight is 370 g/mol. The van der Waals surface area contributed by atoms with Gasteiger partial charge in [-0.1, -0.05) is 17.7 Å². The molecule has 0 spiro atoms. The standard InChI is InChI=1S/C19H22N4O2S/c1-14-5-7-15(8-6-14)21-18(24)19(25)22-20-13-16-9-10-17(26-16)23-11-3-2-4-12-23/h5-10,13H,2-4,11-12H2,1H3,(H,21,24)(H,22,25)/b20-13-. The van der Waals surface area contributed by atoms with Crippen molar-refractivity contribution in [2.24, 2.45) is 5.10 Å². The van der Waals surface area contributed by atoms with E-state index in [2.05, 4.69) is 26.8 Å². The molecule has 1 aromatic carbocycles. The van der Waals surface area contributed by atoms with Crippen molar-refractivity contribution >= 4 is 40.1 Å². The lowest BCUT2D eigenvalue weighted by Crippen LogP contribution is -2.32. The summed E-state index contributed by atoms with van der Waals surface area (Å²) in [6.45, 7) is 4.13. The first-order chi connectivity index (χ1) is 12.6. The molecule has 0 aliphatic carbocycles. The Balaban J connectivity index is 1.49. The van der Waals surface area contributed by atoms with Crippen LogP contribution in [-0.2, 0) is 9.59 Å². The Morgan fingerprint density at radius 2 is 1.77 bits per heavy atom. The second-order valence-corrected chi connectivity index (χ2v) is 7.34. The predicted molar refractivity (Wildman–Crippen MR) is 106 cm³/mol. The average Bonchev–Trinajstić information content (AvgIpc) is 3.13. The molecule has 7 heteroatoms. The number of piperidine rings is 1. The van der Waals surface area contributed by atoms with Gasteiger partial charge in [-0.15, -0.1) is 11.3 Å². The normalized spacial score (nSPS) is 14.4. The maximum Gasteiger partial charge on any atom is 0.329 e. The fourth-order valence-electron chi connectivity index (χ4n) is 2.73. The third kappa shape index (κ3) is 4.92. The largest absolute Gasteiger partial charge is 0.363 e. The molecule has 2 N–H and O–H groups in total. The molecule has 6 nitrogen and oxygen atoms in total. The molecule has 1 saturated heterocycles. The summed E-state index contributed by atoms with van der Waals surface area (Å²) in [5.74, 6) is -1.54. The fraction of sp³-hybridized carbons (Fsp3) is 0.316. The van der Waals surface area contributed by atoms with Gasteiger partial charge >= 0.3 is 11.8 Å². The van der Waals surface area contributed by atoms with E-state index in [1.807, 2.05) is 25.1 Å². The van der Waals surface area contributed by atoms with Crippen molar-refractivity contribution in [3.63, 3.8) is 0 Å². The quantitative estimate of drug-likeness (QED) is 0.493. The van der Waals surface area contributed by atoms with Gasteiger partial charge in [-0.05, 0) is 50.5 Å². The van der Waals surface area contributed by atoms with Gasteiger partial charge in [-0.3, -0.25) is 9.59 Å². The number of hydrazone groups is 1. The van der Waals surface area contributed by atoms with Crippen LogP contribution in [0.1, 0.15) is 29.7 Å². The van der Waals surface area contributed by atoms with Crippen LogP contribution in [0.15, 0.2) is 41.5 Å². The first-order valence-corrected chi connectivity index (χ1v) is 9.49. The van der Waals surface area contributed by atoms with E-state index in [0.717, 1.165) is 23.5 Å². The number of thiophene rings is 1. The van der Waals surface area contributed by atoms with Crippen molar-refractivity contribution in [1.29, 1.82) is 0 Å². The number of carbonyl (C=O) groups is 2. The molecule has 2 aromatic rings. The minimum absolute atomic E-state index is 0.573. The van der Waals surface area contributed by atoms with Gasteiger partial charge in [-0.25, -0.2) is 5.43 Å². The van der Waals surface area contributed by atoms with Gasteiger partial charge in [0.2, 0.25) is 0 Å². The van der Waals surface area contributed by atoms with Gasteiger partial charge in [0, 0.05) is 23.7 Å². The third-order valence-corrected chi connectivity index (χ3v) is 5.23. The topological polar surface area (TPSA) is 73.8 Å². The molecule has 1 aliphatic rings. The molecular weight excluding hydrogens is 348 g/mol. The zero-order valence-electron chi connectivity index (χ0n) is 14.7. The molecule has 1 aromatic heterocycles. The van der Waals surface area contributed by atoms with Crippen molar-refractivity contribution in [1.82, 2.24) is 5.43 Å². The third-order valence-electron chi connectivity index (χ3n) is 4.15. The lowest BCUT2D eigenvalue weighted by atomic mass is 10.1. The number of benzene rings is 1. The van der Waals surface area contributed by atoms with Crippen LogP contribution in [0.2, 0.25) is 0 Å². The maximum atomic E-state index is 11.8. The molecule has 0 unspecified atom stereocenters. The predicted octanol–water partition coefficient (Wildman–Crippen LogP) is 3.14. The number of hydrogen-bond donors (Lipinski definition) is 2. The van der Waals surface area contributed by atoms with Gasteiger partial charge in [0.25, 0.3) is 0 Å². The molecule has 26 heavy (non-hydrogen) atoms. The lowest BCUT2D eigenvalue weighted by Gasteiger charge is -2.27. The van der Waals surface area contributed by atoms with E-state index in [0.29, 0.717) is 5.69 Å². The highest BCUT2D eigenvalue weighted by Crippen LogP contribution is 2.27. The Hall–Kier alpha value is -2.67. The van der Waals surface area contributed by atoms with Gasteiger partial charge in [-0.2, -0.15) is 5.10 Å². The molecule has 136 valence electrons. The van der Waals surface area contributed by atoms with Crippen molar-refractivity contribution in [3.05, 3.63) is 46.8 Å². The number of hydrogen-bond acceptors (Lipinski definition) is 5. The smallest absolute Gasteiger partial charge is 0.329 e. The summed E-state index contributed by atoms with van der Waals surface area (Å²) in [7, 11) is 0. The number of aryl methyl sites for hydroxylation is 1. The number of nitrogens with zero attached hydrogens (tertiary/aromatic N) is 2. The van der Waals surface area contributed by atoms with E-state index in [4.69, 9.17) is 0 Å². The van der Waals surface area contributed by atoms with E-state index in [-0.39, 0.29) is 0 Å². The van der Waals surface area contributed by atoms with Gasteiger partial charge in [0.05, 0.1) is 11.2 Å².